The quantitative estimate of drug-likeness (QED) is 0.845. The van der Waals surface area contributed by atoms with Gasteiger partial charge in [0, 0.05) is 16.4 Å². The van der Waals surface area contributed by atoms with E-state index in [-0.39, 0.29) is 10.6 Å². The van der Waals surface area contributed by atoms with Crippen LogP contribution in [0, 0.1) is 6.92 Å². The van der Waals surface area contributed by atoms with Crippen LogP contribution in [0.15, 0.2) is 28.5 Å². The van der Waals surface area contributed by atoms with Gasteiger partial charge in [0.15, 0.2) is 0 Å². The zero-order valence-electron chi connectivity index (χ0n) is 11.4. The van der Waals surface area contributed by atoms with Crippen LogP contribution in [-0.4, -0.2) is 15.5 Å². The maximum Gasteiger partial charge on any atom is 0.263 e. The normalized spacial score (nSPS) is 11.6. The van der Waals surface area contributed by atoms with Crippen LogP contribution in [0.5, 0.6) is 0 Å². The van der Waals surface area contributed by atoms with Crippen molar-refractivity contribution in [1.82, 2.24) is 5.32 Å². The summed E-state index contributed by atoms with van der Waals surface area (Å²) in [5, 5.41) is 5.45. The van der Waals surface area contributed by atoms with E-state index in [4.69, 9.17) is 23.2 Å². The van der Waals surface area contributed by atoms with Gasteiger partial charge in [-0.15, -0.1) is 11.3 Å². The number of hydrogen-bond acceptors (Lipinski definition) is 4. The maximum atomic E-state index is 12.5. The van der Waals surface area contributed by atoms with E-state index in [9.17, 15) is 8.42 Å². The Bertz CT molecular complexity index is 758. The van der Waals surface area contributed by atoms with Gasteiger partial charge in [0.1, 0.15) is 4.90 Å². The van der Waals surface area contributed by atoms with E-state index in [2.05, 4.69) is 10.0 Å². The monoisotopic (exact) mass is 364 g/mol. The highest BCUT2D eigenvalue weighted by Gasteiger charge is 2.21. The Labute approximate surface area is 138 Å². The van der Waals surface area contributed by atoms with Crippen LogP contribution >= 0.6 is 34.5 Å². The van der Waals surface area contributed by atoms with Crippen molar-refractivity contribution in [2.45, 2.75) is 18.4 Å². The summed E-state index contributed by atoms with van der Waals surface area (Å²) in [6.07, 6.45) is 0. The fraction of sp³-hybridized carbons (Fsp3) is 0.231. The smallest absolute Gasteiger partial charge is 0.263 e. The molecule has 0 amide bonds. The predicted molar refractivity (Wildman–Crippen MR) is 89.1 cm³/mol. The van der Waals surface area contributed by atoms with Crippen LogP contribution in [-0.2, 0) is 16.6 Å². The van der Waals surface area contributed by atoms with Crippen molar-refractivity contribution < 1.29 is 8.42 Å². The molecule has 2 N–H and O–H groups in total. The highest BCUT2D eigenvalue weighted by Crippen LogP contribution is 2.31. The van der Waals surface area contributed by atoms with Crippen molar-refractivity contribution in [2.75, 3.05) is 11.8 Å². The summed E-state index contributed by atoms with van der Waals surface area (Å²) in [6, 6.07) is 4.72. The summed E-state index contributed by atoms with van der Waals surface area (Å²) in [4.78, 5) is 0.981. The number of sulfonamides is 1. The molecule has 0 aliphatic rings. The fourth-order valence-electron chi connectivity index (χ4n) is 1.78. The van der Waals surface area contributed by atoms with Crippen LogP contribution in [0.3, 0.4) is 0 Å². The Hall–Kier alpha value is -0.790. The molecular weight excluding hydrogens is 351 g/mol. The second kappa shape index (κ2) is 6.54. The fourth-order valence-corrected chi connectivity index (χ4v) is 4.79. The molecule has 0 aliphatic heterocycles. The molecule has 1 aromatic carbocycles. The molecule has 1 aromatic heterocycles. The first-order chi connectivity index (χ1) is 9.85. The second-order valence-corrected chi connectivity index (χ2v) is 7.89. The van der Waals surface area contributed by atoms with E-state index in [0.29, 0.717) is 16.6 Å². The predicted octanol–water partition coefficient (Wildman–Crippen LogP) is 3.88. The molecule has 0 saturated carbocycles. The van der Waals surface area contributed by atoms with Gasteiger partial charge in [0.2, 0.25) is 0 Å². The molecule has 4 nitrogen and oxygen atoms in total. The SMILES string of the molecule is CNCc1sccc1S(=O)(=O)Nc1cc(Cl)c(C)cc1Cl. The van der Waals surface area contributed by atoms with Crippen LogP contribution in [0.4, 0.5) is 5.69 Å². The van der Waals surface area contributed by atoms with Crippen molar-refractivity contribution in [3.05, 3.63) is 44.1 Å². The average Bonchev–Trinajstić information content (AvgIpc) is 2.85. The number of halogens is 2. The van der Waals surface area contributed by atoms with Crippen molar-refractivity contribution in [3.8, 4) is 0 Å². The number of rotatable bonds is 5. The zero-order valence-corrected chi connectivity index (χ0v) is 14.6. The zero-order chi connectivity index (χ0) is 15.6. The third-order valence-corrected chi connectivity index (χ3v) is 6.04. The first kappa shape index (κ1) is 16.6. The number of nitrogens with one attached hydrogen (secondary N) is 2. The van der Waals surface area contributed by atoms with E-state index in [0.717, 1.165) is 10.4 Å². The summed E-state index contributed by atoms with van der Waals surface area (Å²) < 4.78 is 27.4. The van der Waals surface area contributed by atoms with Gasteiger partial charge in [-0.25, -0.2) is 8.42 Å². The van der Waals surface area contributed by atoms with Gasteiger partial charge < -0.3 is 5.32 Å². The Morgan fingerprint density at radius 2 is 1.95 bits per heavy atom. The molecule has 114 valence electrons. The van der Waals surface area contributed by atoms with Gasteiger partial charge in [0.05, 0.1) is 10.7 Å². The molecule has 0 saturated heterocycles. The molecule has 0 atom stereocenters. The van der Waals surface area contributed by atoms with Crippen LogP contribution in [0.25, 0.3) is 0 Å². The minimum atomic E-state index is -3.70. The second-order valence-electron chi connectivity index (χ2n) is 4.43. The molecule has 2 rings (SSSR count). The lowest BCUT2D eigenvalue weighted by atomic mass is 10.2. The van der Waals surface area contributed by atoms with Crippen LogP contribution in [0.1, 0.15) is 10.4 Å². The topological polar surface area (TPSA) is 58.2 Å². The van der Waals surface area contributed by atoms with Crippen molar-refractivity contribution in [1.29, 1.82) is 0 Å². The third kappa shape index (κ3) is 3.70. The maximum absolute atomic E-state index is 12.5. The van der Waals surface area contributed by atoms with Crippen LogP contribution in [0.2, 0.25) is 10.0 Å². The average molecular weight is 365 g/mol. The number of thiophene rings is 1. The standard InChI is InChI=1S/C13H14Cl2N2O2S2/c1-8-5-10(15)11(6-9(8)14)17-21(18,19)13-3-4-20-12(13)7-16-2/h3-6,16-17H,7H2,1-2H3. The summed E-state index contributed by atoms with van der Waals surface area (Å²) in [6.45, 7) is 2.28. The van der Waals surface area contributed by atoms with E-state index in [1.807, 2.05) is 0 Å². The van der Waals surface area contributed by atoms with Crippen molar-refractivity contribution in [2.24, 2.45) is 0 Å². The molecule has 1 heterocycles. The van der Waals surface area contributed by atoms with Gasteiger partial charge in [-0.3, -0.25) is 4.72 Å². The lowest BCUT2D eigenvalue weighted by molar-refractivity contribution is 0.600. The highest BCUT2D eigenvalue weighted by atomic mass is 35.5. The molecule has 2 aromatic rings. The Kier molecular flexibility index (Phi) is 5.16. The lowest BCUT2D eigenvalue weighted by Crippen LogP contribution is -2.16. The van der Waals surface area contributed by atoms with E-state index in [1.54, 1.807) is 31.5 Å². The Morgan fingerprint density at radius 1 is 1.24 bits per heavy atom. The van der Waals surface area contributed by atoms with Crippen LogP contribution < -0.4 is 10.0 Å². The van der Waals surface area contributed by atoms with Gasteiger partial charge in [0.25, 0.3) is 10.0 Å². The van der Waals surface area contributed by atoms with Crippen molar-refractivity contribution in [3.63, 3.8) is 0 Å². The summed E-state index contributed by atoms with van der Waals surface area (Å²) >= 11 is 13.5. The number of hydrogen-bond donors (Lipinski definition) is 2. The molecule has 0 aliphatic carbocycles. The summed E-state index contributed by atoms with van der Waals surface area (Å²) in [7, 11) is -1.93. The third-order valence-electron chi connectivity index (χ3n) is 2.82. The first-order valence-electron chi connectivity index (χ1n) is 6.04. The molecule has 8 heteroatoms. The van der Waals surface area contributed by atoms with Crippen molar-refractivity contribution >= 4 is 50.2 Å². The summed E-state index contributed by atoms with van der Waals surface area (Å²) in [5.74, 6) is 0. The van der Waals surface area contributed by atoms with E-state index < -0.39 is 10.0 Å². The van der Waals surface area contributed by atoms with E-state index in [1.165, 1.54) is 17.4 Å². The largest absolute Gasteiger partial charge is 0.315 e. The molecule has 0 spiro atoms. The minimum Gasteiger partial charge on any atom is -0.315 e. The number of anilines is 1. The number of benzene rings is 1. The Balaban J connectivity index is 2.38. The van der Waals surface area contributed by atoms with Gasteiger partial charge >= 0.3 is 0 Å². The van der Waals surface area contributed by atoms with Gasteiger partial charge in [-0.1, -0.05) is 23.2 Å². The summed E-state index contributed by atoms with van der Waals surface area (Å²) in [5.41, 5.74) is 1.06. The minimum absolute atomic E-state index is 0.245. The molecular formula is C13H14Cl2N2O2S2. The van der Waals surface area contributed by atoms with E-state index >= 15 is 0 Å². The number of aryl methyl sites for hydroxylation is 1. The molecule has 0 fully saturated rings. The van der Waals surface area contributed by atoms with Gasteiger partial charge in [-0.2, -0.15) is 0 Å². The molecule has 0 radical (unpaired) electrons. The molecule has 0 bridgehead atoms. The highest BCUT2D eigenvalue weighted by molar-refractivity contribution is 7.93. The lowest BCUT2D eigenvalue weighted by Gasteiger charge is -2.11. The first-order valence-corrected chi connectivity index (χ1v) is 9.16. The Morgan fingerprint density at radius 3 is 2.62 bits per heavy atom. The molecule has 0 unspecified atom stereocenters. The van der Waals surface area contributed by atoms with Gasteiger partial charge in [-0.05, 0) is 43.1 Å². The molecule has 21 heavy (non-hydrogen) atoms.